The van der Waals surface area contributed by atoms with Crippen molar-refractivity contribution in [3.63, 3.8) is 0 Å². The van der Waals surface area contributed by atoms with E-state index in [1.54, 1.807) is 7.11 Å². The molecule has 0 radical (unpaired) electrons. The van der Waals surface area contributed by atoms with Crippen LogP contribution in [0.5, 0.6) is 5.75 Å². The van der Waals surface area contributed by atoms with Crippen LogP contribution in [0.15, 0.2) is 18.2 Å². The van der Waals surface area contributed by atoms with Gasteiger partial charge in [0.15, 0.2) is 0 Å². The minimum Gasteiger partial charge on any atom is -0.497 e. The van der Waals surface area contributed by atoms with Crippen molar-refractivity contribution in [1.29, 1.82) is 0 Å². The van der Waals surface area contributed by atoms with Gasteiger partial charge >= 0.3 is 0 Å². The van der Waals surface area contributed by atoms with E-state index in [-0.39, 0.29) is 12.2 Å². The van der Waals surface area contributed by atoms with Gasteiger partial charge in [-0.3, -0.25) is 0 Å². The fourth-order valence-electron chi connectivity index (χ4n) is 1.38. The predicted octanol–water partition coefficient (Wildman–Crippen LogP) is 2.81. The zero-order chi connectivity index (χ0) is 9.42. The summed E-state index contributed by atoms with van der Waals surface area (Å²) in [7, 11) is 1.64. The Bertz CT molecular complexity index is 325. The van der Waals surface area contributed by atoms with Crippen LogP contribution in [0.3, 0.4) is 0 Å². The Morgan fingerprint density at radius 2 is 2.15 bits per heavy atom. The van der Waals surface area contributed by atoms with Gasteiger partial charge in [0.25, 0.3) is 0 Å². The third-order valence-corrected chi connectivity index (χ3v) is 2.56. The largest absolute Gasteiger partial charge is 0.497 e. The Labute approximate surface area is 82.4 Å². The Balaban J connectivity index is 2.32. The van der Waals surface area contributed by atoms with Crippen LogP contribution in [0.25, 0.3) is 0 Å². The summed E-state index contributed by atoms with van der Waals surface area (Å²) in [5.41, 5.74) is 1.02. The third-order valence-electron chi connectivity index (χ3n) is 2.22. The minimum atomic E-state index is 0.155. The Morgan fingerprint density at radius 1 is 1.46 bits per heavy atom. The molecule has 70 valence electrons. The quantitative estimate of drug-likeness (QED) is 0.682. The van der Waals surface area contributed by atoms with Gasteiger partial charge in [-0.1, -0.05) is 11.6 Å². The van der Waals surface area contributed by atoms with Crippen molar-refractivity contribution in [1.82, 2.24) is 0 Å². The second-order valence-corrected chi connectivity index (χ2v) is 3.56. The van der Waals surface area contributed by atoms with Crippen molar-refractivity contribution in [2.75, 3.05) is 7.11 Å². The molecule has 0 amide bonds. The van der Waals surface area contributed by atoms with Gasteiger partial charge in [0.2, 0.25) is 0 Å². The molecule has 0 aliphatic carbocycles. The first-order chi connectivity index (χ1) is 6.22. The lowest BCUT2D eigenvalue weighted by molar-refractivity contribution is 0.381. The lowest BCUT2D eigenvalue weighted by atomic mass is 10.1. The first-order valence-corrected chi connectivity index (χ1v) is 4.59. The van der Waals surface area contributed by atoms with E-state index >= 15 is 0 Å². The van der Waals surface area contributed by atoms with Crippen LogP contribution in [0.1, 0.15) is 18.6 Å². The number of rotatable bonds is 2. The molecule has 0 aromatic heterocycles. The lowest BCUT2D eigenvalue weighted by Gasteiger charge is -2.03. The standard InChI is InChI=1S/C10H11ClO2/c1-6-10(13-6)8-5-7(12-2)3-4-9(8)11/h3-6,10H,1-2H3/t6-,10-/m1/s1. The Morgan fingerprint density at radius 3 is 2.69 bits per heavy atom. The average molecular weight is 199 g/mol. The van der Waals surface area contributed by atoms with Crippen LogP contribution in [-0.2, 0) is 4.74 Å². The molecule has 1 saturated heterocycles. The number of epoxide rings is 1. The normalized spacial score (nSPS) is 25.8. The first kappa shape index (κ1) is 8.85. The van der Waals surface area contributed by atoms with Crippen molar-refractivity contribution in [2.24, 2.45) is 0 Å². The smallest absolute Gasteiger partial charge is 0.119 e. The highest BCUT2D eigenvalue weighted by molar-refractivity contribution is 6.31. The molecule has 1 fully saturated rings. The van der Waals surface area contributed by atoms with Crippen LogP contribution in [0.4, 0.5) is 0 Å². The maximum atomic E-state index is 6.02. The predicted molar refractivity (Wildman–Crippen MR) is 51.3 cm³/mol. The van der Waals surface area contributed by atoms with Gasteiger partial charge in [-0.2, -0.15) is 0 Å². The van der Waals surface area contributed by atoms with Crippen molar-refractivity contribution < 1.29 is 9.47 Å². The highest BCUT2D eigenvalue weighted by Gasteiger charge is 2.37. The van der Waals surface area contributed by atoms with Gasteiger partial charge in [0.05, 0.1) is 13.2 Å². The number of ether oxygens (including phenoxy) is 2. The molecule has 3 heteroatoms. The monoisotopic (exact) mass is 198 g/mol. The van der Waals surface area contributed by atoms with Crippen molar-refractivity contribution in [3.8, 4) is 5.75 Å². The van der Waals surface area contributed by atoms with E-state index < -0.39 is 0 Å². The van der Waals surface area contributed by atoms with Crippen molar-refractivity contribution in [2.45, 2.75) is 19.1 Å². The summed E-state index contributed by atoms with van der Waals surface area (Å²) < 4.78 is 10.5. The number of methoxy groups -OCH3 is 1. The molecule has 1 aromatic carbocycles. The van der Waals surface area contributed by atoms with E-state index in [1.807, 2.05) is 25.1 Å². The maximum absolute atomic E-state index is 6.02. The second-order valence-electron chi connectivity index (χ2n) is 3.15. The number of hydrogen-bond donors (Lipinski definition) is 0. The van der Waals surface area contributed by atoms with Gasteiger partial charge in [-0.25, -0.2) is 0 Å². The molecule has 2 nitrogen and oxygen atoms in total. The topological polar surface area (TPSA) is 21.8 Å². The molecule has 0 spiro atoms. The summed E-state index contributed by atoms with van der Waals surface area (Å²) in [6.07, 6.45) is 0.437. The minimum absolute atomic E-state index is 0.155. The van der Waals surface area contributed by atoms with E-state index in [2.05, 4.69) is 0 Å². The molecular weight excluding hydrogens is 188 g/mol. The molecule has 2 atom stereocenters. The van der Waals surface area contributed by atoms with Gasteiger partial charge in [-0.05, 0) is 25.1 Å². The zero-order valence-electron chi connectivity index (χ0n) is 7.58. The van der Waals surface area contributed by atoms with E-state index in [1.165, 1.54) is 0 Å². The molecule has 13 heavy (non-hydrogen) atoms. The van der Waals surface area contributed by atoms with Crippen LogP contribution < -0.4 is 4.74 Å². The molecular formula is C10H11ClO2. The SMILES string of the molecule is COc1ccc(Cl)c([C@@H]2O[C@@H]2C)c1. The van der Waals surface area contributed by atoms with Gasteiger partial charge in [0, 0.05) is 10.6 Å². The summed E-state index contributed by atoms with van der Waals surface area (Å²) in [6.45, 7) is 2.03. The molecule has 2 rings (SSSR count). The summed E-state index contributed by atoms with van der Waals surface area (Å²) in [5, 5.41) is 0.746. The molecule has 0 unspecified atom stereocenters. The Hall–Kier alpha value is -0.730. The molecule has 0 bridgehead atoms. The average Bonchev–Trinajstić information content (AvgIpc) is 2.83. The van der Waals surface area contributed by atoms with Gasteiger partial charge in [0.1, 0.15) is 11.9 Å². The van der Waals surface area contributed by atoms with Crippen molar-refractivity contribution >= 4 is 11.6 Å². The fourth-order valence-corrected chi connectivity index (χ4v) is 1.60. The molecule has 0 N–H and O–H groups in total. The molecule has 0 saturated carbocycles. The highest BCUT2D eigenvalue weighted by Crippen LogP contribution is 2.42. The van der Waals surface area contributed by atoms with Crippen LogP contribution >= 0.6 is 11.6 Å². The van der Waals surface area contributed by atoms with Crippen LogP contribution in [0, 0.1) is 0 Å². The van der Waals surface area contributed by atoms with Crippen LogP contribution in [-0.4, -0.2) is 13.2 Å². The maximum Gasteiger partial charge on any atom is 0.119 e. The van der Waals surface area contributed by atoms with Crippen LogP contribution in [0.2, 0.25) is 5.02 Å². The summed E-state index contributed by atoms with van der Waals surface area (Å²) in [4.78, 5) is 0. The second kappa shape index (κ2) is 3.20. The highest BCUT2D eigenvalue weighted by atomic mass is 35.5. The summed E-state index contributed by atoms with van der Waals surface area (Å²) >= 11 is 6.02. The van der Waals surface area contributed by atoms with E-state index in [0.29, 0.717) is 0 Å². The summed E-state index contributed by atoms with van der Waals surface area (Å²) in [5.74, 6) is 0.821. The first-order valence-electron chi connectivity index (χ1n) is 4.21. The number of benzene rings is 1. The third kappa shape index (κ3) is 1.64. The number of hydrogen-bond acceptors (Lipinski definition) is 2. The zero-order valence-corrected chi connectivity index (χ0v) is 8.34. The van der Waals surface area contributed by atoms with E-state index in [4.69, 9.17) is 21.1 Å². The van der Waals surface area contributed by atoms with E-state index in [0.717, 1.165) is 16.3 Å². The summed E-state index contributed by atoms with van der Waals surface area (Å²) in [6, 6.07) is 5.61. The lowest BCUT2D eigenvalue weighted by Crippen LogP contribution is -1.88. The molecule has 1 aliphatic heterocycles. The van der Waals surface area contributed by atoms with E-state index in [9.17, 15) is 0 Å². The molecule has 1 heterocycles. The fraction of sp³-hybridized carbons (Fsp3) is 0.400. The molecule has 1 aliphatic rings. The van der Waals surface area contributed by atoms with Gasteiger partial charge < -0.3 is 9.47 Å². The molecule has 1 aromatic rings. The number of halogens is 1. The van der Waals surface area contributed by atoms with Crippen molar-refractivity contribution in [3.05, 3.63) is 28.8 Å². The Kier molecular flexibility index (Phi) is 2.18. The van der Waals surface area contributed by atoms with Gasteiger partial charge in [-0.15, -0.1) is 0 Å².